The Kier molecular flexibility index (Phi) is 5.54. The highest BCUT2D eigenvalue weighted by atomic mass is 16.3. The molecule has 150 valence electrons. The van der Waals surface area contributed by atoms with Crippen LogP contribution in [0.3, 0.4) is 0 Å². The van der Waals surface area contributed by atoms with Crippen LogP contribution >= 0.6 is 0 Å². The summed E-state index contributed by atoms with van der Waals surface area (Å²) < 4.78 is 5.75. The maximum atomic E-state index is 12.8. The number of nitrogens with one attached hydrogen (secondary N) is 1. The van der Waals surface area contributed by atoms with Crippen LogP contribution in [-0.4, -0.2) is 36.0 Å². The van der Waals surface area contributed by atoms with Crippen molar-refractivity contribution in [3.8, 4) is 0 Å². The Balaban J connectivity index is 1.53. The Bertz CT molecular complexity index is 906. The minimum atomic E-state index is -0.290. The Morgan fingerprint density at radius 1 is 1.07 bits per heavy atom. The first kappa shape index (κ1) is 19.2. The third-order valence-corrected chi connectivity index (χ3v) is 6.50. The van der Waals surface area contributed by atoms with Crippen molar-refractivity contribution in [2.45, 2.75) is 63.8 Å². The molecule has 28 heavy (non-hydrogen) atoms. The van der Waals surface area contributed by atoms with Gasteiger partial charge in [0, 0.05) is 18.2 Å². The quantitative estimate of drug-likeness (QED) is 0.867. The number of carbonyl (C=O) groups is 1. The highest BCUT2D eigenvalue weighted by Crippen LogP contribution is 2.35. The second-order valence-corrected chi connectivity index (χ2v) is 8.49. The van der Waals surface area contributed by atoms with Gasteiger partial charge in [-0.1, -0.05) is 37.3 Å². The average molecular weight is 383 g/mol. The molecule has 2 fully saturated rings. The molecule has 2 aliphatic rings. The Morgan fingerprint density at radius 3 is 2.54 bits per heavy atom. The Labute approximate surface area is 166 Å². The highest BCUT2D eigenvalue weighted by Gasteiger charge is 2.38. The molecule has 1 N–H and O–H groups in total. The molecule has 0 bridgehead atoms. The minimum Gasteiger partial charge on any atom is -0.451 e. The summed E-state index contributed by atoms with van der Waals surface area (Å²) in [5, 5.41) is 3.62. The standard InChI is InChI=1S/C23H30N2O3/c1-17-8-9-20-18(14-17)19(26)15-21(28-20)22(27)24-16-23(10-4-2-5-11-23)25-12-6-3-7-13-25/h8-9,14-15H,2-7,10-13,16H2,1H3,(H,24,27). The maximum absolute atomic E-state index is 12.8. The lowest BCUT2D eigenvalue weighted by Crippen LogP contribution is -2.58. The summed E-state index contributed by atoms with van der Waals surface area (Å²) in [7, 11) is 0. The zero-order valence-corrected chi connectivity index (χ0v) is 16.8. The second kappa shape index (κ2) is 8.08. The molecule has 4 rings (SSSR count). The van der Waals surface area contributed by atoms with Crippen LogP contribution < -0.4 is 10.7 Å². The largest absolute Gasteiger partial charge is 0.451 e. The van der Waals surface area contributed by atoms with Crippen molar-refractivity contribution in [3.05, 3.63) is 45.8 Å². The molecule has 1 saturated heterocycles. The van der Waals surface area contributed by atoms with Crippen molar-refractivity contribution in [1.29, 1.82) is 0 Å². The summed E-state index contributed by atoms with van der Waals surface area (Å²) >= 11 is 0. The van der Waals surface area contributed by atoms with Gasteiger partial charge in [0.2, 0.25) is 0 Å². The first-order valence-corrected chi connectivity index (χ1v) is 10.7. The lowest BCUT2D eigenvalue weighted by atomic mass is 9.79. The van der Waals surface area contributed by atoms with Crippen LogP contribution in [0.5, 0.6) is 0 Å². The summed E-state index contributed by atoms with van der Waals surface area (Å²) in [5.74, 6) is -0.188. The molecule has 1 aromatic carbocycles. The molecule has 1 aliphatic carbocycles. The number of amides is 1. The number of carbonyl (C=O) groups excluding carboxylic acids is 1. The third kappa shape index (κ3) is 3.86. The molecule has 0 radical (unpaired) electrons. The molecule has 5 heteroatoms. The fraction of sp³-hybridized carbons (Fsp3) is 0.565. The monoisotopic (exact) mass is 382 g/mol. The van der Waals surface area contributed by atoms with Crippen LogP contribution in [0.4, 0.5) is 0 Å². The van der Waals surface area contributed by atoms with E-state index in [0.717, 1.165) is 31.5 Å². The molecule has 0 atom stereocenters. The lowest BCUT2D eigenvalue weighted by molar-refractivity contribution is 0.0323. The fourth-order valence-corrected chi connectivity index (χ4v) is 4.90. The van der Waals surface area contributed by atoms with E-state index in [-0.39, 0.29) is 22.6 Å². The zero-order valence-electron chi connectivity index (χ0n) is 16.8. The van der Waals surface area contributed by atoms with Crippen molar-refractivity contribution in [2.24, 2.45) is 0 Å². The molecule has 1 aliphatic heterocycles. The van der Waals surface area contributed by atoms with Crippen LogP contribution in [0, 0.1) is 6.92 Å². The Morgan fingerprint density at radius 2 is 1.79 bits per heavy atom. The van der Waals surface area contributed by atoms with Crippen molar-refractivity contribution >= 4 is 16.9 Å². The number of hydrogen-bond donors (Lipinski definition) is 1. The van der Waals surface area contributed by atoms with E-state index in [1.807, 2.05) is 13.0 Å². The third-order valence-electron chi connectivity index (χ3n) is 6.50. The SMILES string of the molecule is Cc1ccc2oc(C(=O)NCC3(N4CCCCC4)CCCCC3)cc(=O)c2c1. The molecule has 5 nitrogen and oxygen atoms in total. The number of likely N-dealkylation sites (tertiary alicyclic amines) is 1. The summed E-state index contributed by atoms with van der Waals surface area (Å²) in [6.07, 6.45) is 9.78. The fourth-order valence-electron chi connectivity index (χ4n) is 4.90. The highest BCUT2D eigenvalue weighted by molar-refractivity contribution is 5.93. The zero-order chi connectivity index (χ0) is 19.6. The molecular weight excluding hydrogens is 352 g/mol. The Hall–Kier alpha value is -2.14. The number of nitrogens with zero attached hydrogens (tertiary/aromatic N) is 1. The van der Waals surface area contributed by atoms with E-state index in [0.29, 0.717) is 17.5 Å². The van der Waals surface area contributed by atoms with Crippen molar-refractivity contribution in [1.82, 2.24) is 10.2 Å². The van der Waals surface area contributed by atoms with Gasteiger partial charge in [-0.05, 0) is 57.8 Å². The van der Waals surface area contributed by atoms with Gasteiger partial charge in [-0.2, -0.15) is 0 Å². The van der Waals surface area contributed by atoms with Crippen LogP contribution in [0.15, 0.2) is 33.5 Å². The number of piperidine rings is 1. The maximum Gasteiger partial charge on any atom is 0.287 e. The van der Waals surface area contributed by atoms with E-state index < -0.39 is 0 Å². The van der Waals surface area contributed by atoms with Crippen LogP contribution in [0.1, 0.15) is 67.5 Å². The van der Waals surface area contributed by atoms with E-state index >= 15 is 0 Å². The topological polar surface area (TPSA) is 62.6 Å². The van der Waals surface area contributed by atoms with Gasteiger partial charge in [-0.15, -0.1) is 0 Å². The summed E-state index contributed by atoms with van der Waals surface area (Å²) in [6, 6.07) is 6.78. The molecule has 0 spiro atoms. The second-order valence-electron chi connectivity index (χ2n) is 8.49. The van der Waals surface area contributed by atoms with Crippen LogP contribution in [0.25, 0.3) is 11.0 Å². The molecule has 2 aromatic rings. The lowest BCUT2D eigenvalue weighted by Gasteiger charge is -2.48. The van der Waals surface area contributed by atoms with Gasteiger partial charge < -0.3 is 9.73 Å². The predicted molar refractivity (Wildman–Crippen MR) is 111 cm³/mol. The summed E-state index contributed by atoms with van der Waals surface area (Å²) in [5.41, 5.74) is 1.35. The molecular formula is C23H30N2O3. The van der Waals surface area contributed by atoms with Gasteiger partial charge in [0.1, 0.15) is 5.58 Å². The molecule has 1 aromatic heterocycles. The number of benzene rings is 1. The van der Waals surface area contributed by atoms with Gasteiger partial charge in [0.05, 0.1) is 5.39 Å². The first-order chi connectivity index (χ1) is 13.6. The van der Waals surface area contributed by atoms with E-state index in [9.17, 15) is 9.59 Å². The minimum absolute atomic E-state index is 0.0581. The molecule has 0 unspecified atom stereocenters. The normalized spacial score (nSPS) is 20.2. The van der Waals surface area contributed by atoms with Crippen molar-refractivity contribution in [3.63, 3.8) is 0 Å². The number of hydrogen-bond acceptors (Lipinski definition) is 4. The van der Waals surface area contributed by atoms with E-state index in [1.54, 1.807) is 12.1 Å². The average Bonchev–Trinajstić information content (AvgIpc) is 2.74. The first-order valence-electron chi connectivity index (χ1n) is 10.7. The van der Waals surface area contributed by atoms with E-state index in [2.05, 4.69) is 10.2 Å². The molecule has 1 saturated carbocycles. The number of rotatable bonds is 4. The van der Waals surface area contributed by atoms with Gasteiger partial charge >= 0.3 is 0 Å². The van der Waals surface area contributed by atoms with E-state index in [1.165, 1.54) is 44.6 Å². The summed E-state index contributed by atoms with van der Waals surface area (Å²) in [4.78, 5) is 27.8. The van der Waals surface area contributed by atoms with Crippen molar-refractivity contribution in [2.75, 3.05) is 19.6 Å². The van der Waals surface area contributed by atoms with Gasteiger partial charge in [-0.3, -0.25) is 14.5 Å². The van der Waals surface area contributed by atoms with Gasteiger partial charge in [0.15, 0.2) is 11.2 Å². The number of aryl methyl sites for hydroxylation is 1. The van der Waals surface area contributed by atoms with E-state index in [4.69, 9.17) is 4.42 Å². The predicted octanol–water partition coefficient (Wildman–Crippen LogP) is 4.02. The molecule has 1 amide bonds. The van der Waals surface area contributed by atoms with Crippen LogP contribution in [0.2, 0.25) is 0 Å². The van der Waals surface area contributed by atoms with Gasteiger partial charge in [-0.25, -0.2) is 0 Å². The number of fused-ring (bicyclic) bond motifs is 1. The smallest absolute Gasteiger partial charge is 0.287 e. The summed E-state index contributed by atoms with van der Waals surface area (Å²) in [6.45, 7) is 4.81. The van der Waals surface area contributed by atoms with Crippen LogP contribution in [-0.2, 0) is 0 Å². The van der Waals surface area contributed by atoms with Crippen molar-refractivity contribution < 1.29 is 9.21 Å². The van der Waals surface area contributed by atoms with Gasteiger partial charge in [0.25, 0.3) is 5.91 Å². The molecule has 2 heterocycles.